The lowest BCUT2D eigenvalue weighted by molar-refractivity contribution is -0.152. The molecule has 0 saturated carbocycles. The minimum absolute atomic E-state index is 0.0256. The fraction of sp³-hybridized carbons (Fsp3) is 0.333. The first-order valence-corrected chi connectivity index (χ1v) is 10.4. The maximum atomic E-state index is 12.3. The van der Waals surface area contributed by atoms with Gasteiger partial charge in [0.1, 0.15) is 5.00 Å². The van der Waals surface area contributed by atoms with Crippen molar-refractivity contribution >= 4 is 51.4 Å². The van der Waals surface area contributed by atoms with E-state index in [0.29, 0.717) is 35.8 Å². The van der Waals surface area contributed by atoms with Crippen LogP contribution in [0.1, 0.15) is 32.9 Å². The van der Waals surface area contributed by atoms with Crippen LogP contribution in [0.3, 0.4) is 0 Å². The number of nitrogens with one attached hydrogen (secondary N) is 1. The van der Waals surface area contributed by atoms with Crippen LogP contribution >= 0.6 is 22.7 Å². The van der Waals surface area contributed by atoms with Crippen LogP contribution in [-0.2, 0) is 14.3 Å². The number of hydrogen-bond donors (Lipinski definition) is 2. The fourth-order valence-corrected chi connectivity index (χ4v) is 4.39. The summed E-state index contributed by atoms with van der Waals surface area (Å²) in [7, 11) is 0. The molecule has 8 nitrogen and oxygen atoms in total. The Labute approximate surface area is 169 Å². The van der Waals surface area contributed by atoms with Gasteiger partial charge in [0.05, 0.1) is 16.4 Å². The number of amides is 3. The van der Waals surface area contributed by atoms with Crippen molar-refractivity contribution in [1.29, 1.82) is 0 Å². The molecule has 3 rings (SSSR count). The largest absolute Gasteiger partial charge is 0.455 e. The van der Waals surface area contributed by atoms with Gasteiger partial charge in [-0.25, -0.2) is 0 Å². The van der Waals surface area contributed by atoms with Gasteiger partial charge < -0.3 is 20.7 Å². The second kappa shape index (κ2) is 8.98. The highest BCUT2D eigenvalue weighted by Gasteiger charge is 2.29. The van der Waals surface area contributed by atoms with Crippen LogP contribution in [0, 0.1) is 5.92 Å². The van der Waals surface area contributed by atoms with Crippen LogP contribution in [-0.4, -0.2) is 48.3 Å². The van der Waals surface area contributed by atoms with E-state index in [1.54, 1.807) is 16.3 Å². The monoisotopic (exact) mass is 421 g/mol. The summed E-state index contributed by atoms with van der Waals surface area (Å²) in [5.74, 6) is -2.01. The number of nitrogens with zero attached hydrogens (tertiary/aromatic N) is 1. The Morgan fingerprint density at radius 2 is 1.89 bits per heavy atom. The zero-order valence-corrected chi connectivity index (χ0v) is 16.5. The van der Waals surface area contributed by atoms with E-state index in [0.717, 1.165) is 11.3 Å². The summed E-state index contributed by atoms with van der Waals surface area (Å²) in [5.41, 5.74) is 5.44. The quantitative estimate of drug-likeness (QED) is 0.691. The zero-order chi connectivity index (χ0) is 20.1. The van der Waals surface area contributed by atoms with Gasteiger partial charge in [0.25, 0.3) is 17.7 Å². The van der Waals surface area contributed by atoms with Gasteiger partial charge in [0.2, 0.25) is 0 Å². The summed E-state index contributed by atoms with van der Waals surface area (Å²) < 4.78 is 5.10. The van der Waals surface area contributed by atoms with E-state index in [4.69, 9.17) is 10.5 Å². The normalized spacial score (nSPS) is 14.5. The number of carbonyl (C=O) groups excluding carboxylic acids is 4. The standard InChI is InChI=1S/C18H19N3O5S2/c19-15(23)12-5-9-28-16(12)20-14(22)10-26-18(25)11-3-6-21(7-4-11)17(24)13-2-1-8-27-13/h1-2,5,8-9,11H,3-4,6-7,10H2,(H2,19,23)(H,20,22). The van der Waals surface area contributed by atoms with E-state index in [1.807, 2.05) is 11.4 Å². The summed E-state index contributed by atoms with van der Waals surface area (Å²) >= 11 is 2.55. The van der Waals surface area contributed by atoms with Crippen molar-refractivity contribution in [3.8, 4) is 0 Å². The van der Waals surface area contributed by atoms with Gasteiger partial charge in [0.15, 0.2) is 6.61 Å². The van der Waals surface area contributed by atoms with Crippen LogP contribution < -0.4 is 11.1 Å². The van der Waals surface area contributed by atoms with E-state index in [-0.39, 0.29) is 17.4 Å². The molecule has 2 aromatic heterocycles. The molecule has 0 radical (unpaired) electrons. The number of nitrogens with two attached hydrogens (primary N) is 1. The molecule has 1 aliphatic heterocycles. The van der Waals surface area contributed by atoms with Gasteiger partial charge >= 0.3 is 5.97 Å². The number of ether oxygens (including phenoxy) is 1. The molecule has 1 fully saturated rings. The van der Waals surface area contributed by atoms with Gasteiger partial charge in [-0.15, -0.1) is 22.7 Å². The highest BCUT2D eigenvalue weighted by Crippen LogP contribution is 2.23. The molecule has 3 heterocycles. The van der Waals surface area contributed by atoms with Crippen molar-refractivity contribution in [3.63, 3.8) is 0 Å². The van der Waals surface area contributed by atoms with Crippen LogP contribution in [0.25, 0.3) is 0 Å². The maximum absolute atomic E-state index is 12.3. The SMILES string of the molecule is NC(=O)c1ccsc1NC(=O)COC(=O)C1CCN(C(=O)c2cccs2)CC1. The molecule has 0 aromatic carbocycles. The van der Waals surface area contributed by atoms with Crippen molar-refractivity contribution in [2.45, 2.75) is 12.8 Å². The third kappa shape index (κ3) is 4.76. The molecule has 148 valence electrons. The third-order valence-corrected chi connectivity index (χ3v) is 6.06. The van der Waals surface area contributed by atoms with Crippen LogP contribution in [0.5, 0.6) is 0 Å². The molecular formula is C18H19N3O5S2. The van der Waals surface area contributed by atoms with Gasteiger partial charge in [-0.3, -0.25) is 19.2 Å². The minimum atomic E-state index is -0.641. The number of anilines is 1. The number of primary amides is 1. The minimum Gasteiger partial charge on any atom is -0.455 e. The molecule has 0 bridgehead atoms. The molecule has 3 N–H and O–H groups in total. The average Bonchev–Trinajstić information content (AvgIpc) is 3.37. The molecule has 0 aliphatic carbocycles. The molecule has 2 aromatic rings. The number of esters is 1. The second-order valence-electron chi connectivity index (χ2n) is 6.23. The summed E-state index contributed by atoms with van der Waals surface area (Å²) in [6.07, 6.45) is 0.989. The summed E-state index contributed by atoms with van der Waals surface area (Å²) in [6, 6.07) is 5.12. The predicted octanol–water partition coefficient (Wildman–Crippen LogP) is 1.94. The zero-order valence-electron chi connectivity index (χ0n) is 14.9. The van der Waals surface area contributed by atoms with Gasteiger partial charge in [0, 0.05) is 13.1 Å². The average molecular weight is 422 g/mol. The van der Waals surface area contributed by atoms with Gasteiger partial charge in [-0.2, -0.15) is 0 Å². The molecule has 1 saturated heterocycles. The lowest BCUT2D eigenvalue weighted by Crippen LogP contribution is -2.40. The lowest BCUT2D eigenvalue weighted by Gasteiger charge is -2.30. The smallest absolute Gasteiger partial charge is 0.309 e. The Morgan fingerprint density at radius 3 is 2.54 bits per heavy atom. The Balaban J connectivity index is 1.43. The number of likely N-dealkylation sites (tertiary alicyclic amines) is 1. The summed E-state index contributed by atoms with van der Waals surface area (Å²) in [4.78, 5) is 50.1. The van der Waals surface area contributed by atoms with Crippen molar-refractivity contribution in [2.24, 2.45) is 11.7 Å². The van der Waals surface area contributed by atoms with Crippen molar-refractivity contribution < 1.29 is 23.9 Å². The molecule has 10 heteroatoms. The van der Waals surface area contributed by atoms with Crippen molar-refractivity contribution in [3.05, 3.63) is 39.4 Å². The first kappa shape index (κ1) is 20.0. The van der Waals surface area contributed by atoms with Crippen LogP contribution in [0.15, 0.2) is 29.0 Å². The molecule has 3 amide bonds. The van der Waals surface area contributed by atoms with E-state index >= 15 is 0 Å². The third-order valence-electron chi connectivity index (χ3n) is 4.38. The van der Waals surface area contributed by atoms with Crippen molar-refractivity contribution in [1.82, 2.24) is 4.90 Å². The molecule has 28 heavy (non-hydrogen) atoms. The highest BCUT2D eigenvalue weighted by molar-refractivity contribution is 7.14. The Morgan fingerprint density at radius 1 is 1.14 bits per heavy atom. The second-order valence-corrected chi connectivity index (χ2v) is 8.09. The summed E-state index contributed by atoms with van der Waals surface area (Å²) in [5, 5.41) is 6.33. The van der Waals surface area contributed by atoms with Gasteiger partial charge in [-0.05, 0) is 35.7 Å². The van der Waals surface area contributed by atoms with E-state index < -0.39 is 24.4 Å². The highest BCUT2D eigenvalue weighted by atomic mass is 32.1. The first-order chi connectivity index (χ1) is 13.5. The Kier molecular flexibility index (Phi) is 6.42. The van der Waals surface area contributed by atoms with Crippen molar-refractivity contribution in [2.75, 3.05) is 25.0 Å². The van der Waals surface area contributed by atoms with E-state index in [2.05, 4.69) is 5.32 Å². The van der Waals surface area contributed by atoms with Gasteiger partial charge in [-0.1, -0.05) is 6.07 Å². The predicted molar refractivity (Wildman–Crippen MR) is 105 cm³/mol. The molecule has 0 spiro atoms. The first-order valence-electron chi connectivity index (χ1n) is 8.62. The van der Waals surface area contributed by atoms with E-state index in [9.17, 15) is 19.2 Å². The molecule has 1 aliphatic rings. The number of rotatable bonds is 6. The Hall–Kier alpha value is -2.72. The lowest BCUT2D eigenvalue weighted by atomic mass is 9.97. The summed E-state index contributed by atoms with van der Waals surface area (Å²) in [6.45, 7) is 0.503. The fourth-order valence-electron chi connectivity index (χ4n) is 2.89. The van der Waals surface area contributed by atoms with E-state index in [1.165, 1.54) is 17.4 Å². The molecule has 0 unspecified atom stereocenters. The molecule has 0 atom stereocenters. The van der Waals surface area contributed by atoms with Crippen LogP contribution in [0.4, 0.5) is 5.00 Å². The van der Waals surface area contributed by atoms with Crippen LogP contribution in [0.2, 0.25) is 0 Å². The number of piperidine rings is 1. The number of thiophene rings is 2. The topological polar surface area (TPSA) is 119 Å². The maximum Gasteiger partial charge on any atom is 0.309 e. The number of hydrogen-bond acceptors (Lipinski definition) is 7. The Bertz CT molecular complexity index is 870. The molecular weight excluding hydrogens is 402 g/mol. The number of carbonyl (C=O) groups is 4.